The molecule has 5 aliphatic heterocycles. The van der Waals surface area contributed by atoms with Crippen LogP contribution in [0.3, 0.4) is 0 Å². The molecule has 0 aliphatic carbocycles. The molecule has 0 aromatic heterocycles. The first-order chi connectivity index (χ1) is 24.6. The highest BCUT2D eigenvalue weighted by Gasteiger charge is 2.55. The summed E-state index contributed by atoms with van der Waals surface area (Å²) in [5.74, 6) is 0. The zero-order valence-electron chi connectivity index (χ0n) is 27.2. The minimum atomic E-state index is -2.04. The molecule has 15 N–H and O–H groups in total. The van der Waals surface area contributed by atoms with Gasteiger partial charge in [-0.3, -0.25) is 0 Å². The van der Waals surface area contributed by atoms with E-state index >= 15 is 0 Å². The molecule has 5 fully saturated rings. The highest BCUT2D eigenvalue weighted by Crippen LogP contribution is 2.35. The molecule has 0 bridgehead atoms. The van der Waals surface area contributed by atoms with Crippen molar-refractivity contribution in [3.63, 3.8) is 0 Å². The fourth-order valence-electron chi connectivity index (χ4n) is 6.41. The van der Waals surface area contributed by atoms with Crippen LogP contribution in [0.25, 0.3) is 0 Å². The second-order valence-electron chi connectivity index (χ2n) is 13.1. The fourth-order valence-corrected chi connectivity index (χ4v) is 6.41. The summed E-state index contributed by atoms with van der Waals surface area (Å²) < 4.78 is 49.5. The first kappa shape index (κ1) is 42.2. The van der Waals surface area contributed by atoms with Crippen LogP contribution in [0.2, 0.25) is 0 Å². The summed E-state index contributed by atoms with van der Waals surface area (Å²) in [5, 5.41) is 156. The molecule has 1 unspecified atom stereocenters. The van der Waals surface area contributed by atoms with Crippen molar-refractivity contribution in [2.24, 2.45) is 0 Å². The van der Waals surface area contributed by atoms with E-state index in [0.717, 1.165) is 0 Å². The first-order valence-corrected chi connectivity index (χ1v) is 16.4. The molecule has 0 aromatic rings. The van der Waals surface area contributed by atoms with Crippen molar-refractivity contribution in [3.8, 4) is 0 Å². The van der Waals surface area contributed by atoms with Crippen molar-refractivity contribution in [3.05, 3.63) is 0 Å². The standard InChI is InChI=1S/C28H48O24/c29-1-8-13(36)16(39)23(28(48-8)50-20-14(37)9(2-30)46-24(43)18(20)41)52-27-22(12(35)7(33)5-45-27)51-26-19(42)21(15(38)10(3-31)47-26)49-25-17(40)11(34)6(32)4-44-25/h6-43H,1-5H2/t6-,7-,8-,9-,10-,11+,12+,13-,14-,15-,16+,17-,18-,19-,20+,21+,22-,23-,24?,25+,26+,27+,28+/m1/s1. The zero-order valence-corrected chi connectivity index (χ0v) is 27.2. The van der Waals surface area contributed by atoms with Crippen LogP contribution >= 0.6 is 0 Å². The number of hydrogen-bond acceptors (Lipinski definition) is 24. The van der Waals surface area contributed by atoms with Gasteiger partial charge >= 0.3 is 0 Å². The molecular weight excluding hydrogens is 720 g/mol. The van der Waals surface area contributed by atoms with Crippen molar-refractivity contribution in [1.82, 2.24) is 0 Å². The predicted octanol–water partition coefficient (Wildman–Crippen LogP) is -10.6. The van der Waals surface area contributed by atoms with E-state index < -0.39 is 174 Å². The second kappa shape index (κ2) is 17.9. The van der Waals surface area contributed by atoms with E-state index in [4.69, 9.17) is 42.6 Å². The number of aliphatic hydroxyl groups is 15. The Balaban J connectivity index is 1.37. The van der Waals surface area contributed by atoms with Gasteiger partial charge in [-0.05, 0) is 0 Å². The van der Waals surface area contributed by atoms with Gasteiger partial charge in [0.15, 0.2) is 31.5 Å². The van der Waals surface area contributed by atoms with Crippen LogP contribution in [0, 0.1) is 0 Å². The van der Waals surface area contributed by atoms with Gasteiger partial charge in [-0.1, -0.05) is 0 Å². The highest BCUT2D eigenvalue weighted by molar-refractivity contribution is 4.97. The van der Waals surface area contributed by atoms with Gasteiger partial charge in [0, 0.05) is 0 Å². The molecule has 24 heteroatoms. The Morgan fingerprint density at radius 3 is 1.42 bits per heavy atom. The minimum Gasteiger partial charge on any atom is -0.394 e. The normalized spacial score (nSPS) is 53.5. The van der Waals surface area contributed by atoms with Gasteiger partial charge in [-0.2, -0.15) is 0 Å². The van der Waals surface area contributed by atoms with Crippen molar-refractivity contribution >= 4 is 0 Å². The minimum absolute atomic E-state index is 0.506. The van der Waals surface area contributed by atoms with Gasteiger partial charge in [0.25, 0.3) is 0 Å². The third kappa shape index (κ3) is 8.55. The quantitative estimate of drug-likeness (QED) is 0.0927. The largest absolute Gasteiger partial charge is 0.394 e. The van der Waals surface area contributed by atoms with Crippen LogP contribution in [0.15, 0.2) is 0 Å². The van der Waals surface area contributed by atoms with Gasteiger partial charge in [-0.25, -0.2) is 0 Å². The van der Waals surface area contributed by atoms with E-state index in [0.29, 0.717) is 0 Å². The summed E-state index contributed by atoms with van der Waals surface area (Å²) in [6, 6.07) is 0. The van der Waals surface area contributed by atoms with Gasteiger partial charge in [0.05, 0.1) is 33.0 Å². The van der Waals surface area contributed by atoms with Crippen molar-refractivity contribution in [2.45, 2.75) is 141 Å². The Morgan fingerprint density at radius 2 is 0.808 bits per heavy atom. The Hall–Kier alpha value is -0.960. The van der Waals surface area contributed by atoms with Crippen LogP contribution in [0.5, 0.6) is 0 Å². The van der Waals surface area contributed by atoms with E-state index in [9.17, 15) is 76.6 Å². The average Bonchev–Trinajstić information content (AvgIpc) is 3.12. The summed E-state index contributed by atoms with van der Waals surface area (Å²) in [4.78, 5) is 0. The number of aliphatic hydroxyl groups excluding tert-OH is 15. The molecule has 5 rings (SSSR count). The Labute approximate surface area is 293 Å². The average molecular weight is 769 g/mol. The lowest BCUT2D eigenvalue weighted by Crippen LogP contribution is -2.67. The lowest BCUT2D eigenvalue weighted by atomic mass is 9.96. The number of ether oxygens (including phenoxy) is 9. The second-order valence-corrected chi connectivity index (χ2v) is 13.1. The predicted molar refractivity (Wildman–Crippen MR) is 155 cm³/mol. The summed E-state index contributed by atoms with van der Waals surface area (Å²) >= 11 is 0. The first-order valence-electron chi connectivity index (χ1n) is 16.4. The fraction of sp³-hybridized carbons (Fsp3) is 1.00. The van der Waals surface area contributed by atoms with Crippen molar-refractivity contribution < 1.29 is 119 Å². The van der Waals surface area contributed by atoms with Gasteiger partial charge < -0.3 is 119 Å². The molecule has 0 aromatic carbocycles. The molecule has 0 radical (unpaired) electrons. The van der Waals surface area contributed by atoms with Crippen molar-refractivity contribution in [1.29, 1.82) is 0 Å². The van der Waals surface area contributed by atoms with Crippen LogP contribution < -0.4 is 0 Å². The number of rotatable bonds is 11. The van der Waals surface area contributed by atoms with E-state index in [1.807, 2.05) is 0 Å². The molecule has 23 atom stereocenters. The van der Waals surface area contributed by atoms with Crippen LogP contribution in [-0.4, -0.2) is 251 Å². The Bertz CT molecular complexity index is 1110. The molecule has 0 amide bonds. The Morgan fingerprint density at radius 1 is 0.365 bits per heavy atom. The maximum absolute atomic E-state index is 11.2. The topological polar surface area (TPSA) is 387 Å². The zero-order chi connectivity index (χ0) is 38.2. The SMILES string of the molecule is OC[C@H]1O[C@@H](O[C@H]2[C@H](O)[C@@H](CO)OC(O)[C@@H]2O)[C@H](O[C@@H]2OC[C@@H](O)[C@H](O)[C@H]2O[C@@H]2O[C@H](CO)[C@@H](O)[C@H](O[C@@H]3OC[C@@H](O)[C@H](O)[C@H]3O)[C@H]2O)[C@@H](O)[C@@H]1O. The molecule has 0 spiro atoms. The third-order valence-electron chi connectivity index (χ3n) is 9.54. The van der Waals surface area contributed by atoms with Crippen molar-refractivity contribution in [2.75, 3.05) is 33.0 Å². The molecule has 5 heterocycles. The summed E-state index contributed by atoms with van der Waals surface area (Å²) in [6.45, 7) is -3.76. The molecule has 24 nitrogen and oxygen atoms in total. The van der Waals surface area contributed by atoms with Crippen LogP contribution in [-0.2, 0) is 42.6 Å². The van der Waals surface area contributed by atoms with Gasteiger partial charge in [0.2, 0.25) is 0 Å². The molecular formula is C28H48O24. The molecule has 5 saturated heterocycles. The summed E-state index contributed by atoms with van der Waals surface area (Å²) in [5.41, 5.74) is 0. The van der Waals surface area contributed by atoms with E-state index in [2.05, 4.69) is 0 Å². The van der Waals surface area contributed by atoms with E-state index in [1.165, 1.54) is 0 Å². The van der Waals surface area contributed by atoms with Gasteiger partial charge in [-0.15, -0.1) is 0 Å². The van der Waals surface area contributed by atoms with E-state index in [1.54, 1.807) is 0 Å². The summed E-state index contributed by atoms with van der Waals surface area (Å²) in [7, 11) is 0. The molecule has 52 heavy (non-hydrogen) atoms. The molecule has 0 saturated carbocycles. The third-order valence-corrected chi connectivity index (χ3v) is 9.54. The highest BCUT2D eigenvalue weighted by atomic mass is 16.8. The van der Waals surface area contributed by atoms with E-state index in [-0.39, 0.29) is 0 Å². The lowest BCUT2D eigenvalue weighted by Gasteiger charge is -2.49. The lowest BCUT2D eigenvalue weighted by molar-refractivity contribution is -0.399. The van der Waals surface area contributed by atoms with Crippen LogP contribution in [0.4, 0.5) is 0 Å². The monoisotopic (exact) mass is 768 g/mol. The van der Waals surface area contributed by atoms with Crippen LogP contribution in [0.1, 0.15) is 0 Å². The Kier molecular flexibility index (Phi) is 14.5. The smallest absolute Gasteiger partial charge is 0.187 e. The number of hydrogen-bond donors (Lipinski definition) is 15. The maximum atomic E-state index is 11.2. The molecule has 5 aliphatic rings. The summed E-state index contributed by atoms with van der Waals surface area (Å²) in [6.07, 6.45) is -41.7. The van der Waals surface area contributed by atoms with Gasteiger partial charge in [0.1, 0.15) is 110 Å². The molecule has 304 valence electrons. The maximum Gasteiger partial charge on any atom is 0.187 e.